The Kier molecular flexibility index (Phi) is 3.53. The first-order valence-electron chi connectivity index (χ1n) is 4.86. The molecule has 1 aliphatic heterocycles. The zero-order valence-corrected chi connectivity index (χ0v) is 8.52. The molecule has 0 radical (unpaired) electrons. The molecule has 1 heterocycles. The van der Waals surface area contributed by atoms with E-state index in [1.54, 1.807) is 0 Å². The highest BCUT2D eigenvalue weighted by atomic mass is 16.5. The second-order valence-corrected chi connectivity index (χ2v) is 4.63. The van der Waals surface area contributed by atoms with E-state index in [0.29, 0.717) is 5.41 Å². The molecule has 0 saturated carbocycles. The van der Waals surface area contributed by atoms with Crippen molar-refractivity contribution in [1.82, 2.24) is 5.32 Å². The monoisotopic (exact) mass is 171 g/mol. The zero-order valence-electron chi connectivity index (χ0n) is 8.52. The van der Waals surface area contributed by atoms with Crippen LogP contribution in [0.15, 0.2) is 0 Å². The fraction of sp³-hybridized carbons (Fsp3) is 1.00. The molecule has 1 fully saturated rings. The summed E-state index contributed by atoms with van der Waals surface area (Å²) < 4.78 is 5.36. The van der Waals surface area contributed by atoms with Crippen LogP contribution >= 0.6 is 0 Å². The lowest BCUT2D eigenvalue weighted by Crippen LogP contribution is -2.29. The van der Waals surface area contributed by atoms with E-state index < -0.39 is 0 Å². The summed E-state index contributed by atoms with van der Waals surface area (Å²) in [7, 11) is 2.02. The van der Waals surface area contributed by atoms with Gasteiger partial charge in [-0.15, -0.1) is 0 Å². The summed E-state index contributed by atoms with van der Waals surface area (Å²) in [5.74, 6) is 0.799. The van der Waals surface area contributed by atoms with Crippen LogP contribution in [0.25, 0.3) is 0 Å². The van der Waals surface area contributed by atoms with Gasteiger partial charge < -0.3 is 10.1 Å². The Hall–Kier alpha value is -0.0800. The molecule has 0 aromatic rings. The second-order valence-electron chi connectivity index (χ2n) is 4.63. The first-order chi connectivity index (χ1) is 5.64. The van der Waals surface area contributed by atoms with Crippen molar-refractivity contribution in [2.75, 3.05) is 26.8 Å². The summed E-state index contributed by atoms with van der Waals surface area (Å²) in [4.78, 5) is 0. The van der Waals surface area contributed by atoms with Gasteiger partial charge in [-0.1, -0.05) is 13.8 Å². The van der Waals surface area contributed by atoms with Gasteiger partial charge in [0, 0.05) is 13.2 Å². The van der Waals surface area contributed by atoms with Gasteiger partial charge in [0.05, 0.1) is 0 Å². The lowest BCUT2D eigenvalue weighted by molar-refractivity contribution is 0.170. The molecule has 0 aliphatic carbocycles. The smallest absolute Gasteiger partial charge is 0.0495 e. The van der Waals surface area contributed by atoms with Gasteiger partial charge in [-0.2, -0.15) is 0 Å². The highest BCUT2D eigenvalue weighted by Gasteiger charge is 2.25. The predicted molar refractivity (Wildman–Crippen MR) is 51.3 cm³/mol. The molecule has 0 aromatic heterocycles. The first kappa shape index (κ1) is 10.0. The Morgan fingerprint density at radius 3 is 2.75 bits per heavy atom. The summed E-state index contributed by atoms with van der Waals surface area (Å²) in [6.07, 6.45) is 2.54. The molecule has 2 heteroatoms. The van der Waals surface area contributed by atoms with Gasteiger partial charge >= 0.3 is 0 Å². The van der Waals surface area contributed by atoms with Crippen LogP contribution in [-0.2, 0) is 4.74 Å². The van der Waals surface area contributed by atoms with E-state index in [-0.39, 0.29) is 0 Å². The van der Waals surface area contributed by atoms with Gasteiger partial charge in [0.15, 0.2) is 0 Å². The molecule has 2 nitrogen and oxygen atoms in total. The van der Waals surface area contributed by atoms with Crippen molar-refractivity contribution in [1.29, 1.82) is 0 Å². The largest absolute Gasteiger partial charge is 0.381 e. The molecule has 1 saturated heterocycles. The van der Waals surface area contributed by atoms with Gasteiger partial charge in [0.1, 0.15) is 0 Å². The third-order valence-electron chi connectivity index (χ3n) is 2.52. The molecule has 1 N–H and O–H groups in total. The molecule has 72 valence electrons. The van der Waals surface area contributed by atoms with Gasteiger partial charge in [0.2, 0.25) is 0 Å². The fourth-order valence-corrected chi connectivity index (χ4v) is 2.08. The van der Waals surface area contributed by atoms with Crippen molar-refractivity contribution < 1.29 is 4.74 Å². The Labute approximate surface area is 75.7 Å². The Morgan fingerprint density at radius 1 is 1.50 bits per heavy atom. The van der Waals surface area contributed by atoms with Crippen molar-refractivity contribution in [2.24, 2.45) is 11.3 Å². The minimum atomic E-state index is 0.424. The van der Waals surface area contributed by atoms with Crippen LogP contribution in [-0.4, -0.2) is 26.8 Å². The van der Waals surface area contributed by atoms with E-state index in [4.69, 9.17) is 4.74 Å². The third kappa shape index (κ3) is 3.11. The van der Waals surface area contributed by atoms with Crippen LogP contribution in [0.5, 0.6) is 0 Å². The van der Waals surface area contributed by atoms with Crippen molar-refractivity contribution in [2.45, 2.75) is 26.7 Å². The maximum atomic E-state index is 5.36. The lowest BCUT2D eigenvalue weighted by atomic mass is 9.82. The van der Waals surface area contributed by atoms with E-state index in [9.17, 15) is 0 Å². The van der Waals surface area contributed by atoms with E-state index >= 15 is 0 Å². The maximum Gasteiger partial charge on any atom is 0.0495 e. The highest BCUT2D eigenvalue weighted by molar-refractivity contribution is 4.77. The van der Waals surface area contributed by atoms with Gasteiger partial charge in [-0.3, -0.25) is 0 Å². The maximum absolute atomic E-state index is 5.36. The van der Waals surface area contributed by atoms with Crippen LogP contribution in [0, 0.1) is 11.3 Å². The fourth-order valence-electron chi connectivity index (χ4n) is 2.08. The lowest BCUT2D eigenvalue weighted by Gasteiger charge is -2.26. The molecule has 1 aliphatic rings. The number of rotatable bonds is 4. The van der Waals surface area contributed by atoms with E-state index in [1.807, 2.05) is 7.05 Å². The van der Waals surface area contributed by atoms with E-state index in [1.165, 1.54) is 12.8 Å². The van der Waals surface area contributed by atoms with E-state index in [2.05, 4.69) is 19.2 Å². The Morgan fingerprint density at radius 2 is 2.25 bits per heavy atom. The molecule has 0 aromatic carbocycles. The van der Waals surface area contributed by atoms with Crippen molar-refractivity contribution in [3.63, 3.8) is 0 Å². The van der Waals surface area contributed by atoms with Gasteiger partial charge in [0.25, 0.3) is 0 Å². The Bertz CT molecular complexity index is 128. The average molecular weight is 171 g/mol. The van der Waals surface area contributed by atoms with Crippen LogP contribution < -0.4 is 5.32 Å². The second kappa shape index (κ2) is 4.24. The summed E-state index contributed by atoms with van der Waals surface area (Å²) in [5.41, 5.74) is 0.424. The highest BCUT2D eigenvalue weighted by Crippen LogP contribution is 2.29. The topological polar surface area (TPSA) is 21.3 Å². The molecule has 0 spiro atoms. The van der Waals surface area contributed by atoms with Crippen molar-refractivity contribution >= 4 is 0 Å². The third-order valence-corrected chi connectivity index (χ3v) is 2.52. The first-order valence-corrected chi connectivity index (χ1v) is 4.86. The molecule has 12 heavy (non-hydrogen) atoms. The van der Waals surface area contributed by atoms with Crippen LogP contribution in [0.3, 0.4) is 0 Å². The molecular weight excluding hydrogens is 150 g/mol. The van der Waals surface area contributed by atoms with E-state index in [0.717, 1.165) is 25.7 Å². The summed E-state index contributed by atoms with van der Waals surface area (Å²) in [6, 6.07) is 0. The molecule has 1 atom stereocenters. The summed E-state index contributed by atoms with van der Waals surface area (Å²) in [6.45, 7) is 7.70. The van der Waals surface area contributed by atoms with Crippen LogP contribution in [0.1, 0.15) is 26.7 Å². The predicted octanol–water partition coefficient (Wildman–Crippen LogP) is 1.66. The number of hydrogen-bond donors (Lipinski definition) is 1. The number of nitrogens with one attached hydrogen (secondary N) is 1. The zero-order chi connectivity index (χ0) is 9.03. The molecule has 0 bridgehead atoms. The van der Waals surface area contributed by atoms with Gasteiger partial charge in [-0.25, -0.2) is 0 Å². The Balaban J connectivity index is 2.27. The standard InChI is InChI=1S/C10H21NO/c1-10(2,8-11-3)6-9-4-5-12-7-9/h9,11H,4-8H2,1-3H3. The minimum absolute atomic E-state index is 0.424. The minimum Gasteiger partial charge on any atom is -0.381 e. The van der Waals surface area contributed by atoms with Gasteiger partial charge in [-0.05, 0) is 37.8 Å². The molecule has 0 amide bonds. The SMILES string of the molecule is CNCC(C)(C)CC1CCOC1. The molecular formula is C10H21NO. The quantitative estimate of drug-likeness (QED) is 0.694. The number of hydrogen-bond acceptors (Lipinski definition) is 2. The summed E-state index contributed by atoms with van der Waals surface area (Å²) >= 11 is 0. The average Bonchev–Trinajstić information content (AvgIpc) is 2.38. The van der Waals surface area contributed by atoms with Crippen molar-refractivity contribution in [3.8, 4) is 0 Å². The van der Waals surface area contributed by atoms with Crippen molar-refractivity contribution in [3.05, 3.63) is 0 Å². The molecule has 1 unspecified atom stereocenters. The molecule has 1 rings (SSSR count). The van der Waals surface area contributed by atoms with Crippen LogP contribution in [0.2, 0.25) is 0 Å². The normalized spacial score (nSPS) is 24.8. The van der Waals surface area contributed by atoms with Crippen LogP contribution in [0.4, 0.5) is 0 Å². The number of ether oxygens (including phenoxy) is 1. The summed E-state index contributed by atoms with van der Waals surface area (Å²) in [5, 5.41) is 3.24.